The van der Waals surface area contributed by atoms with Gasteiger partial charge in [0.05, 0.1) is 6.33 Å². The lowest BCUT2D eigenvalue weighted by Gasteiger charge is -2.28. The Bertz CT molecular complexity index is 538. The zero-order valence-corrected chi connectivity index (χ0v) is 12.1. The van der Waals surface area contributed by atoms with Crippen LogP contribution in [0.1, 0.15) is 25.6 Å². The number of carbonyl (C=O) groups excluding carboxylic acids is 1. The third-order valence-electron chi connectivity index (χ3n) is 3.57. The molecule has 0 aliphatic rings. The van der Waals surface area contributed by atoms with E-state index in [4.69, 9.17) is 0 Å². The first-order valence-corrected chi connectivity index (χ1v) is 6.73. The van der Waals surface area contributed by atoms with Gasteiger partial charge in [-0.15, -0.1) is 0 Å². The van der Waals surface area contributed by atoms with E-state index in [0.717, 1.165) is 12.1 Å². The second-order valence-corrected chi connectivity index (χ2v) is 5.01. The Morgan fingerprint density at radius 3 is 2.75 bits per heavy atom. The van der Waals surface area contributed by atoms with Crippen LogP contribution < -0.4 is 0 Å². The first-order valence-electron chi connectivity index (χ1n) is 6.73. The molecule has 2 aromatic rings. The van der Waals surface area contributed by atoms with Crippen molar-refractivity contribution in [3.05, 3.63) is 48.8 Å². The Kier molecular flexibility index (Phi) is 4.50. The minimum absolute atomic E-state index is 0.0754. The van der Waals surface area contributed by atoms with Crippen molar-refractivity contribution in [2.45, 2.75) is 32.4 Å². The van der Waals surface area contributed by atoms with Crippen LogP contribution >= 0.6 is 0 Å². The fourth-order valence-corrected chi connectivity index (χ4v) is 2.10. The van der Waals surface area contributed by atoms with Gasteiger partial charge in [-0.2, -0.15) is 0 Å². The number of imidazole rings is 1. The van der Waals surface area contributed by atoms with E-state index < -0.39 is 0 Å². The molecule has 2 heterocycles. The van der Waals surface area contributed by atoms with E-state index in [0.29, 0.717) is 0 Å². The van der Waals surface area contributed by atoms with Crippen LogP contribution in [0.15, 0.2) is 43.1 Å². The van der Waals surface area contributed by atoms with Crippen molar-refractivity contribution in [2.75, 3.05) is 7.05 Å². The van der Waals surface area contributed by atoms with Crippen LogP contribution in [0.5, 0.6) is 0 Å². The molecular weight excluding hydrogens is 252 g/mol. The van der Waals surface area contributed by atoms with E-state index >= 15 is 0 Å². The molecule has 0 aliphatic heterocycles. The van der Waals surface area contributed by atoms with Gasteiger partial charge in [-0.1, -0.05) is 6.07 Å². The van der Waals surface area contributed by atoms with Gasteiger partial charge in [0.25, 0.3) is 0 Å². The molecule has 5 heteroatoms. The number of hydrogen-bond acceptors (Lipinski definition) is 3. The SMILES string of the molecule is C[C@H](C(=O)N(C)[C@@H](C)Cc1ccccn1)n1ccnc1. The largest absolute Gasteiger partial charge is 0.341 e. The molecule has 0 spiro atoms. The van der Waals surface area contributed by atoms with E-state index in [2.05, 4.69) is 9.97 Å². The molecule has 0 saturated heterocycles. The Hall–Kier alpha value is -2.17. The number of amides is 1. The van der Waals surface area contributed by atoms with Crippen molar-refractivity contribution < 1.29 is 4.79 Å². The highest BCUT2D eigenvalue weighted by Gasteiger charge is 2.22. The molecule has 0 bridgehead atoms. The fourth-order valence-electron chi connectivity index (χ4n) is 2.10. The lowest BCUT2D eigenvalue weighted by Crippen LogP contribution is -2.40. The molecule has 2 rings (SSSR count). The van der Waals surface area contributed by atoms with Crippen LogP contribution in [0.25, 0.3) is 0 Å². The smallest absolute Gasteiger partial charge is 0.245 e. The quantitative estimate of drug-likeness (QED) is 0.835. The number of carbonyl (C=O) groups is 1. The molecule has 0 saturated carbocycles. The van der Waals surface area contributed by atoms with Crippen LogP contribution in [0.4, 0.5) is 0 Å². The molecule has 0 fully saturated rings. The zero-order chi connectivity index (χ0) is 14.5. The zero-order valence-electron chi connectivity index (χ0n) is 12.1. The van der Waals surface area contributed by atoms with Crippen LogP contribution in [0.2, 0.25) is 0 Å². The van der Waals surface area contributed by atoms with Crippen LogP contribution in [0.3, 0.4) is 0 Å². The molecule has 0 N–H and O–H groups in total. The number of rotatable bonds is 5. The van der Waals surface area contributed by atoms with Gasteiger partial charge < -0.3 is 9.47 Å². The van der Waals surface area contributed by atoms with Crippen LogP contribution in [0, 0.1) is 0 Å². The van der Waals surface area contributed by atoms with Gasteiger partial charge in [0.1, 0.15) is 6.04 Å². The van der Waals surface area contributed by atoms with Gasteiger partial charge in [-0.25, -0.2) is 4.98 Å². The van der Waals surface area contributed by atoms with Crippen LogP contribution in [-0.2, 0) is 11.2 Å². The fraction of sp³-hybridized carbons (Fsp3) is 0.400. The number of pyridine rings is 1. The summed E-state index contributed by atoms with van der Waals surface area (Å²) in [5.74, 6) is 0.0754. The Morgan fingerprint density at radius 2 is 2.15 bits per heavy atom. The van der Waals surface area contributed by atoms with Crippen molar-refractivity contribution in [2.24, 2.45) is 0 Å². The van der Waals surface area contributed by atoms with Crippen LogP contribution in [-0.4, -0.2) is 38.4 Å². The predicted octanol–water partition coefficient (Wildman–Crippen LogP) is 1.93. The van der Waals surface area contributed by atoms with E-state index in [9.17, 15) is 4.79 Å². The molecule has 0 radical (unpaired) electrons. The van der Waals surface area contributed by atoms with E-state index in [1.807, 2.05) is 43.7 Å². The molecule has 2 aromatic heterocycles. The first kappa shape index (κ1) is 14.2. The molecule has 5 nitrogen and oxygen atoms in total. The minimum atomic E-state index is -0.242. The number of aromatic nitrogens is 3. The predicted molar refractivity (Wildman–Crippen MR) is 77.1 cm³/mol. The third-order valence-corrected chi connectivity index (χ3v) is 3.57. The van der Waals surface area contributed by atoms with E-state index in [1.54, 1.807) is 29.8 Å². The van der Waals surface area contributed by atoms with Gasteiger partial charge in [0.15, 0.2) is 0 Å². The summed E-state index contributed by atoms with van der Waals surface area (Å²) >= 11 is 0. The van der Waals surface area contributed by atoms with Crippen molar-refractivity contribution in [1.82, 2.24) is 19.4 Å². The Labute approximate surface area is 119 Å². The van der Waals surface area contributed by atoms with E-state index in [1.165, 1.54) is 0 Å². The van der Waals surface area contributed by atoms with Gasteiger partial charge in [0.2, 0.25) is 5.91 Å². The minimum Gasteiger partial charge on any atom is -0.341 e. The lowest BCUT2D eigenvalue weighted by atomic mass is 10.1. The summed E-state index contributed by atoms with van der Waals surface area (Å²) in [6, 6.07) is 5.69. The van der Waals surface area contributed by atoms with Crippen molar-refractivity contribution in [1.29, 1.82) is 0 Å². The summed E-state index contributed by atoms with van der Waals surface area (Å²) in [7, 11) is 1.84. The molecule has 20 heavy (non-hydrogen) atoms. The highest BCUT2D eigenvalue weighted by molar-refractivity contribution is 5.80. The van der Waals surface area contributed by atoms with E-state index in [-0.39, 0.29) is 18.0 Å². The number of likely N-dealkylation sites (N-methyl/N-ethyl adjacent to an activating group) is 1. The standard InChI is InChI=1S/C15H20N4O/c1-12(10-14-6-4-5-7-17-14)18(3)15(20)13(2)19-9-8-16-11-19/h4-9,11-13H,10H2,1-3H3/t12-,13+/m0/s1. The third kappa shape index (κ3) is 3.23. The van der Waals surface area contributed by atoms with Gasteiger partial charge >= 0.3 is 0 Å². The Morgan fingerprint density at radius 1 is 1.35 bits per heavy atom. The average Bonchev–Trinajstić information content (AvgIpc) is 3.00. The molecule has 0 aliphatic carbocycles. The van der Waals surface area contributed by atoms with Crippen molar-refractivity contribution in [3.63, 3.8) is 0 Å². The first-order chi connectivity index (χ1) is 9.59. The van der Waals surface area contributed by atoms with Gasteiger partial charge in [-0.05, 0) is 26.0 Å². The second kappa shape index (κ2) is 6.32. The lowest BCUT2D eigenvalue weighted by molar-refractivity contribution is -0.134. The summed E-state index contributed by atoms with van der Waals surface area (Å²) in [5.41, 5.74) is 0.995. The summed E-state index contributed by atoms with van der Waals surface area (Å²) in [6.07, 6.45) is 7.68. The van der Waals surface area contributed by atoms with Gasteiger partial charge in [-0.3, -0.25) is 9.78 Å². The normalized spacial score (nSPS) is 13.8. The molecular formula is C15H20N4O. The Balaban J connectivity index is 1.99. The summed E-state index contributed by atoms with van der Waals surface area (Å²) in [6.45, 7) is 3.92. The molecule has 1 amide bonds. The monoisotopic (exact) mass is 272 g/mol. The van der Waals surface area contributed by atoms with Crippen molar-refractivity contribution in [3.8, 4) is 0 Å². The molecule has 106 valence electrons. The number of hydrogen-bond donors (Lipinski definition) is 0. The number of nitrogens with zero attached hydrogens (tertiary/aromatic N) is 4. The molecule has 2 atom stereocenters. The van der Waals surface area contributed by atoms with Gasteiger partial charge in [0, 0.05) is 43.8 Å². The summed E-state index contributed by atoms with van der Waals surface area (Å²) in [5, 5.41) is 0. The topological polar surface area (TPSA) is 51.0 Å². The average molecular weight is 272 g/mol. The summed E-state index contributed by atoms with van der Waals surface area (Å²) < 4.78 is 1.81. The highest BCUT2D eigenvalue weighted by atomic mass is 16.2. The maximum Gasteiger partial charge on any atom is 0.245 e. The summed E-state index contributed by atoms with van der Waals surface area (Å²) in [4.78, 5) is 22.5. The maximum absolute atomic E-state index is 12.4. The maximum atomic E-state index is 12.4. The van der Waals surface area contributed by atoms with Crippen molar-refractivity contribution >= 4 is 5.91 Å². The second-order valence-electron chi connectivity index (χ2n) is 5.01. The molecule has 0 unspecified atom stereocenters. The highest BCUT2D eigenvalue weighted by Crippen LogP contribution is 2.12. The molecule has 0 aromatic carbocycles.